The molecule has 0 saturated carbocycles. The Hall–Kier alpha value is -3.05. The molecular weight excluding hydrogens is 282 g/mol. The van der Waals surface area contributed by atoms with Crippen LogP contribution in [0.25, 0.3) is 11.1 Å². The fraction of sp³-hybridized carbons (Fsp3) is 0.0952. The molecule has 114 valence electrons. The molecular formula is C21H19NO. The second-order valence-electron chi connectivity index (χ2n) is 5.09. The van der Waals surface area contributed by atoms with Gasteiger partial charge in [0, 0.05) is 11.1 Å². The van der Waals surface area contributed by atoms with Crippen LogP contribution in [-0.2, 0) is 4.74 Å². The molecule has 2 nitrogen and oxygen atoms in total. The van der Waals surface area contributed by atoms with E-state index in [4.69, 9.17) is 10.00 Å². The van der Waals surface area contributed by atoms with Gasteiger partial charge >= 0.3 is 0 Å². The molecule has 2 heteroatoms. The Kier molecular flexibility index (Phi) is 5.55. The van der Waals surface area contributed by atoms with Crippen molar-refractivity contribution < 1.29 is 4.74 Å². The van der Waals surface area contributed by atoms with Crippen LogP contribution < -0.4 is 0 Å². The van der Waals surface area contributed by atoms with Crippen molar-refractivity contribution in [2.24, 2.45) is 0 Å². The quantitative estimate of drug-likeness (QED) is 0.430. The monoisotopic (exact) mass is 301 g/mol. The van der Waals surface area contributed by atoms with Crippen LogP contribution in [0.1, 0.15) is 18.1 Å². The number of hydrogen-bond donors (Lipinski definition) is 0. The largest absolute Gasteiger partial charge is 0.496 e. The number of allylic oxidation sites excluding steroid dienone is 4. The van der Waals surface area contributed by atoms with Crippen molar-refractivity contribution >= 4 is 11.1 Å². The molecule has 0 fully saturated rings. The number of hydrogen-bond acceptors (Lipinski definition) is 2. The molecule has 0 amide bonds. The molecule has 0 N–H and O–H groups in total. The van der Waals surface area contributed by atoms with Gasteiger partial charge in [-0.05, 0) is 29.7 Å². The van der Waals surface area contributed by atoms with Gasteiger partial charge in [-0.1, -0.05) is 67.2 Å². The van der Waals surface area contributed by atoms with E-state index >= 15 is 0 Å². The standard InChI is InChI=1S/C21H19NO/c1-16(15-22)14-20(19-12-8-5-9-13-19)21(23-3)17(2)18-10-6-4-7-11-18/h4-14H,1H2,2-3H3/b20-14-,21-17-. The van der Waals surface area contributed by atoms with E-state index in [1.807, 2.05) is 67.6 Å². The maximum atomic E-state index is 9.09. The van der Waals surface area contributed by atoms with Crippen LogP contribution in [0.2, 0.25) is 0 Å². The van der Waals surface area contributed by atoms with E-state index in [-0.39, 0.29) is 0 Å². The second-order valence-corrected chi connectivity index (χ2v) is 5.09. The minimum absolute atomic E-state index is 0.388. The van der Waals surface area contributed by atoms with Crippen LogP contribution in [0.15, 0.2) is 84.7 Å². The summed E-state index contributed by atoms with van der Waals surface area (Å²) in [5.41, 5.74) is 4.30. The van der Waals surface area contributed by atoms with E-state index in [1.54, 1.807) is 13.2 Å². The summed E-state index contributed by atoms with van der Waals surface area (Å²) in [5, 5.41) is 9.09. The van der Waals surface area contributed by atoms with Crippen molar-refractivity contribution in [1.29, 1.82) is 5.26 Å². The van der Waals surface area contributed by atoms with Gasteiger partial charge in [-0.3, -0.25) is 0 Å². The average Bonchev–Trinajstić information content (AvgIpc) is 2.62. The summed E-state index contributed by atoms with van der Waals surface area (Å²) in [5.74, 6) is 0.735. The third kappa shape index (κ3) is 3.99. The third-order valence-electron chi connectivity index (χ3n) is 3.54. The van der Waals surface area contributed by atoms with Crippen molar-refractivity contribution in [2.45, 2.75) is 6.92 Å². The van der Waals surface area contributed by atoms with Crippen LogP contribution in [-0.4, -0.2) is 7.11 Å². The van der Waals surface area contributed by atoms with Gasteiger partial charge in [0.05, 0.1) is 13.2 Å². The molecule has 0 heterocycles. The van der Waals surface area contributed by atoms with Crippen molar-refractivity contribution in [3.8, 4) is 6.07 Å². The Morgan fingerprint density at radius 2 is 1.52 bits per heavy atom. The van der Waals surface area contributed by atoms with E-state index in [0.29, 0.717) is 5.57 Å². The lowest BCUT2D eigenvalue weighted by Crippen LogP contribution is -1.97. The molecule has 0 bridgehead atoms. The first kappa shape index (κ1) is 16.3. The van der Waals surface area contributed by atoms with Gasteiger partial charge < -0.3 is 4.74 Å². The number of rotatable bonds is 5. The molecule has 0 unspecified atom stereocenters. The van der Waals surface area contributed by atoms with E-state index in [1.165, 1.54) is 0 Å². The van der Waals surface area contributed by atoms with E-state index < -0.39 is 0 Å². The minimum Gasteiger partial charge on any atom is -0.496 e. The number of nitriles is 1. The summed E-state index contributed by atoms with van der Waals surface area (Å²) >= 11 is 0. The number of nitrogens with zero attached hydrogens (tertiary/aromatic N) is 1. The van der Waals surface area contributed by atoms with Gasteiger partial charge in [0.2, 0.25) is 0 Å². The number of ether oxygens (including phenoxy) is 1. The van der Waals surface area contributed by atoms with Gasteiger partial charge in [-0.15, -0.1) is 0 Å². The molecule has 2 rings (SSSR count). The summed E-state index contributed by atoms with van der Waals surface area (Å²) < 4.78 is 5.69. The zero-order valence-electron chi connectivity index (χ0n) is 13.4. The molecule has 0 aliphatic carbocycles. The molecule has 0 spiro atoms. The smallest absolute Gasteiger partial charge is 0.130 e. The Balaban J connectivity index is 2.64. The lowest BCUT2D eigenvalue weighted by molar-refractivity contribution is 0.312. The van der Waals surface area contributed by atoms with E-state index in [0.717, 1.165) is 28.0 Å². The summed E-state index contributed by atoms with van der Waals surface area (Å²) in [6.45, 7) is 5.79. The summed E-state index contributed by atoms with van der Waals surface area (Å²) in [4.78, 5) is 0. The van der Waals surface area contributed by atoms with Crippen LogP contribution in [0.5, 0.6) is 0 Å². The van der Waals surface area contributed by atoms with Gasteiger partial charge in [-0.2, -0.15) is 5.26 Å². The molecule has 0 aliphatic heterocycles. The van der Waals surface area contributed by atoms with Crippen molar-refractivity contribution in [3.05, 3.63) is 95.8 Å². The normalized spacial score (nSPS) is 12.1. The van der Waals surface area contributed by atoms with Gasteiger partial charge in [0.15, 0.2) is 0 Å². The number of benzene rings is 2. The maximum Gasteiger partial charge on any atom is 0.130 e. The van der Waals surface area contributed by atoms with Gasteiger partial charge in [-0.25, -0.2) is 0 Å². The molecule has 0 saturated heterocycles. The first-order chi connectivity index (χ1) is 11.2. The molecule has 2 aromatic rings. The van der Waals surface area contributed by atoms with Gasteiger partial charge in [0.25, 0.3) is 0 Å². The average molecular weight is 301 g/mol. The van der Waals surface area contributed by atoms with Crippen LogP contribution >= 0.6 is 0 Å². The summed E-state index contributed by atoms with van der Waals surface area (Å²) in [6.07, 6.45) is 1.76. The fourth-order valence-electron chi connectivity index (χ4n) is 2.39. The SMILES string of the molecule is C=C(C#N)/C=C(\C(OC)=C(/C)c1ccccc1)c1ccccc1. The fourth-order valence-corrected chi connectivity index (χ4v) is 2.39. The third-order valence-corrected chi connectivity index (χ3v) is 3.54. The molecule has 0 radical (unpaired) electrons. The Morgan fingerprint density at radius 3 is 2.00 bits per heavy atom. The highest BCUT2D eigenvalue weighted by Crippen LogP contribution is 2.31. The first-order valence-corrected chi connectivity index (χ1v) is 7.34. The van der Waals surface area contributed by atoms with Crippen LogP contribution in [0.3, 0.4) is 0 Å². The second kappa shape index (κ2) is 7.82. The molecule has 0 aliphatic rings. The van der Waals surface area contributed by atoms with Crippen LogP contribution in [0, 0.1) is 11.3 Å². The minimum atomic E-state index is 0.388. The van der Waals surface area contributed by atoms with Gasteiger partial charge in [0.1, 0.15) is 5.76 Å². The molecule has 0 atom stereocenters. The highest BCUT2D eigenvalue weighted by atomic mass is 16.5. The topological polar surface area (TPSA) is 33.0 Å². The number of methoxy groups -OCH3 is 1. The molecule has 23 heavy (non-hydrogen) atoms. The predicted molar refractivity (Wildman–Crippen MR) is 95.2 cm³/mol. The lowest BCUT2D eigenvalue weighted by Gasteiger charge is -2.15. The lowest BCUT2D eigenvalue weighted by atomic mass is 9.96. The predicted octanol–water partition coefficient (Wildman–Crippen LogP) is 5.23. The van der Waals surface area contributed by atoms with Crippen LogP contribution in [0.4, 0.5) is 0 Å². The first-order valence-electron chi connectivity index (χ1n) is 7.34. The zero-order valence-corrected chi connectivity index (χ0v) is 13.4. The van der Waals surface area contributed by atoms with E-state index in [2.05, 4.69) is 12.6 Å². The zero-order chi connectivity index (χ0) is 16.7. The highest BCUT2D eigenvalue weighted by Gasteiger charge is 2.13. The Bertz CT molecular complexity index is 778. The van der Waals surface area contributed by atoms with Crippen molar-refractivity contribution in [1.82, 2.24) is 0 Å². The van der Waals surface area contributed by atoms with Crippen molar-refractivity contribution in [3.63, 3.8) is 0 Å². The molecule has 2 aromatic carbocycles. The summed E-state index contributed by atoms with van der Waals surface area (Å²) in [6, 6.07) is 22.0. The maximum absolute atomic E-state index is 9.09. The Labute approximate surface area is 137 Å². The molecule has 0 aromatic heterocycles. The highest BCUT2D eigenvalue weighted by molar-refractivity contribution is 5.88. The van der Waals surface area contributed by atoms with Crippen molar-refractivity contribution in [2.75, 3.05) is 7.11 Å². The Morgan fingerprint density at radius 1 is 1.00 bits per heavy atom. The van der Waals surface area contributed by atoms with E-state index in [9.17, 15) is 0 Å². The summed E-state index contributed by atoms with van der Waals surface area (Å²) in [7, 11) is 1.65.